The summed E-state index contributed by atoms with van der Waals surface area (Å²) < 4.78 is 16.0. The van der Waals surface area contributed by atoms with Crippen LogP contribution in [-0.4, -0.2) is 55.4 Å². The maximum absolute atomic E-state index is 11.6. The second-order valence-corrected chi connectivity index (χ2v) is 7.60. The minimum Gasteiger partial charge on any atom is -0.870 e. The zero-order chi connectivity index (χ0) is 23.1. The predicted octanol–water partition coefficient (Wildman–Crippen LogP) is 1.30. The SMILES string of the molecule is C.CC(C(=O)O)c1ccc2c(c1)OCCN2.CCOC(=O)C(C)c1ccc2c(c1)OCCN2.[Na+].[OH-]. The molecule has 2 unspecified atom stereocenters. The minimum absolute atomic E-state index is 0. The summed E-state index contributed by atoms with van der Waals surface area (Å²) in [4.78, 5) is 22.4. The molecule has 0 saturated carbocycles. The number of hydrogen-bond acceptors (Lipinski definition) is 8. The Morgan fingerprint density at radius 1 is 0.943 bits per heavy atom. The van der Waals surface area contributed by atoms with Crippen molar-refractivity contribution >= 4 is 23.3 Å². The van der Waals surface area contributed by atoms with Gasteiger partial charge in [-0.1, -0.05) is 19.6 Å². The van der Waals surface area contributed by atoms with E-state index in [1.165, 1.54) is 0 Å². The molecule has 2 aliphatic rings. The van der Waals surface area contributed by atoms with Gasteiger partial charge in [-0.05, 0) is 56.2 Å². The first-order valence-corrected chi connectivity index (χ1v) is 10.8. The molecular formula is C25H35N2NaO7. The van der Waals surface area contributed by atoms with Crippen LogP contribution in [0.5, 0.6) is 11.5 Å². The Kier molecular flexibility index (Phi) is 14.4. The number of benzene rings is 2. The predicted molar refractivity (Wildman–Crippen MR) is 131 cm³/mol. The summed E-state index contributed by atoms with van der Waals surface area (Å²) in [6.45, 7) is 8.62. The van der Waals surface area contributed by atoms with Crippen LogP contribution in [0.1, 0.15) is 51.2 Å². The molecular weight excluding hydrogens is 463 g/mol. The van der Waals surface area contributed by atoms with E-state index in [-0.39, 0.29) is 54.3 Å². The van der Waals surface area contributed by atoms with Gasteiger partial charge in [0, 0.05) is 13.1 Å². The molecule has 188 valence electrons. The van der Waals surface area contributed by atoms with E-state index in [1.54, 1.807) is 13.0 Å². The minimum atomic E-state index is -0.821. The van der Waals surface area contributed by atoms with Gasteiger partial charge < -0.3 is 35.4 Å². The summed E-state index contributed by atoms with van der Waals surface area (Å²) in [5.74, 6) is -0.224. The molecule has 10 heteroatoms. The molecule has 4 N–H and O–H groups in total. The molecule has 2 aromatic rings. The van der Waals surface area contributed by atoms with Crippen LogP contribution in [0.3, 0.4) is 0 Å². The maximum atomic E-state index is 11.6. The van der Waals surface area contributed by atoms with Gasteiger partial charge in [-0.25, -0.2) is 0 Å². The molecule has 4 rings (SSSR count). The number of carboxylic acids is 1. The van der Waals surface area contributed by atoms with E-state index in [2.05, 4.69) is 10.6 Å². The van der Waals surface area contributed by atoms with Gasteiger partial charge in [0.25, 0.3) is 0 Å². The van der Waals surface area contributed by atoms with Crippen molar-refractivity contribution in [1.82, 2.24) is 0 Å². The van der Waals surface area contributed by atoms with E-state index < -0.39 is 11.9 Å². The van der Waals surface area contributed by atoms with Gasteiger partial charge in [0.2, 0.25) is 0 Å². The number of rotatable bonds is 5. The monoisotopic (exact) mass is 498 g/mol. The Morgan fingerprint density at radius 3 is 1.83 bits per heavy atom. The number of anilines is 2. The fourth-order valence-corrected chi connectivity index (χ4v) is 3.39. The average molecular weight is 499 g/mol. The fourth-order valence-electron chi connectivity index (χ4n) is 3.39. The van der Waals surface area contributed by atoms with E-state index >= 15 is 0 Å². The van der Waals surface area contributed by atoms with Crippen LogP contribution < -0.4 is 49.7 Å². The number of fused-ring (bicyclic) bond motifs is 2. The second-order valence-electron chi connectivity index (χ2n) is 7.60. The molecule has 0 aliphatic carbocycles. The molecule has 2 atom stereocenters. The summed E-state index contributed by atoms with van der Waals surface area (Å²) in [5.41, 5.74) is 3.61. The Morgan fingerprint density at radius 2 is 1.40 bits per heavy atom. The number of esters is 1. The van der Waals surface area contributed by atoms with Crippen molar-refractivity contribution in [3.63, 3.8) is 0 Å². The third-order valence-electron chi connectivity index (χ3n) is 5.37. The number of carboxylic acid groups (broad SMARTS) is 1. The van der Waals surface area contributed by atoms with Crippen molar-refractivity contribution < 1.29 is 63.9 Å². The number of aliphatic carboxylic acids is 1. The molecule has 0 aromatic heterocycles. The number of ether oxygens (including phenoxy) is 3. The molecule has 2 aromatic carbocycles. The summed E-state index contributed by atoms with van der Waals surface area (Å²) in [5, 5.41) is 15.3. The van der Waals surface area contributed by atoms with E-state index in [0.29, 0.717) is 19.8 Å². The Bertz CT molecular complexity index is 971. The fraction of sp³-hybridized carbons (Fsp3) is 0.440. The summed E-state index contributed by atoms with van der Waals surface area (Å²) in [6, 6.07) is 11.3. The van der Waals surface area contributed by atoms with Crippen LogP contribution in [0.2, 0.25) is 0 Å². The van der Waals surface area contributed by atoms with E-state index in [4.69, 9.17) is 19.3 Å². The maximum Gasteiger partial charge on any atom is 1.00 e. The summed E-state index contributed by atoms with van der Waals surface area (Å²) in [7, 11) is 0. The quantitative estimate of drug-likeness (QED) is 0.412. The van der Waals surface area contributed by atoms with Crippen LogP contribution in [0.15, 0.2) is 36.4 Å². The molecule has 0 bridgehead atoms. The van der Waals surface area contributed by atoms with Crippen molar-refractivity contribution in [2.75, 3.05) is 43.5 Å². The summed E-state index contributed by atoms with van der Waals surface area (Å²) >= 11 is 0. The molecule has 0 saturated heterocycles. The first-order valence-electron chi connectivity index (χ1n) is 10.8. The van der Waals surface area contributed by atoms with Gasteiger partial charge in [0.1, 0.15) is 24.7 Å². The smallest absolute Gasteiger partial charge is 0.870 e. The molecule has 0 spiro atoms. The standard InChI is InChI=1S/C13H17NO3.C11H13NO3.CH4.Na.H2O/c1-3-16-13(15)9(2)10-4-5-11-12(8-10)17-7-6-14-11;1-7(11(13)14)8-2-3-9-10(6-8)15-5-4-12-9;;;/h4-5,8-9,14H,3,6-7H2,1-2H3;2-3,6-7,12H,4-5H2,1H3,(H,13,14);1H4;;1H2/q;;;+1;/p-1. The molecule has 2 aliphatic heterocycles. The zero-order valence-electron chi connectivity index (χ0n) is 20.1. The second kappa shape index (κ2) is 15.5. The largest absolute Gasteiger partial charge is 1.00 e. The van der Waals surface area contributed by atoms with E-state index in [0.717, 1.165) is 47.1 Å². The van der Waals surface area contributed by atoms with Crippen LogP contribution in [-0.2, 0) is 14.3 Å². The van der Waals surface area contributed by atoms with Crippen molar-refractivity contribution in [1.29, 1.82) is 0 Å². The van der Waals surface area contributed by atoms with Crippen molar-refractivity contribution in [3.8, 4) is 11.5 Å². The number of carbonyl (C=O) groups is 2. The molecule has 0 radical (unpaired) electrons. The first kappa shape index (κ1) is 32.5. The zero-order valence-corrected chi connectivity index (χ0v) is 22.1. The number of nitrogens with one attached hydrogen (secondary N) is 2. The summed E-state index contributed by atoms with van der Waals surface area (Å²) in [6.07, 6.45) is 0. The third kappa shape index (κ3) is 8.61. The van der Waals surface area contributed by atoms with Crippen molar-refractivity contribution in [3.05, 3.63) is 47.5 Å². The van der Waals surface area contributed by atoms with Gasteiger partial charge in [-0.3, -0.25) is 9.59 Å². The van der Waals surface area contributed by atoms with Gasteiger partial charge in [-0.15, -0.1) is 0 Å². The normalized spacial score (nSPS) is 14.1. The Labute approximate surface area is 229 Å². The Balaban J connectivity index is 0.000000612. The average Bonchev–Trinajstić information content (AvgIpc) is 2.83. The van der Waals surface area contributed by atoms with Crippen LogP contribution >= 0.6 is 0 Å². The van der Waals surface area contributed by atoms with Crippen LogP contribution in [0.4, 0.5) is 11.4 Å². The van der Waals surface area contributed by atoms with Crippen LogP contribution in [0, 0.1) is 0 Å². The van der Waals surface area contributed by atoms with Gasteiger partial charge >= 0.3 is 41.5 Å². The van der Waals surface area contributed by atoms with Crippen molar-refractivity contribution in [2.45, 2.75) is 40.0 Å². The molecule has 35 heavy (non-hydrogen) atoms. The molecule has 0 fully saturated rings. The van der Waals surface area contributed by atoms with Gasteiger partial charge in [0.05, 0.1) is 29.8 Å². The number of hydrogen-bond donors (Lipinski definition) is 3. The third-order valence-corrected chi connectivity index (χ3v) is 5.37. The number of carbonyl (C=O) groups excluding carboxylic acids is 1. The molecule has 2 heterocycles. The van der Waals surface area contributed by atoms with E-state index in [9.17, 15) is 9.59 Å². The first-order chi connectivity index (χ1) is 15.4. The molecule has 0 amide bonds. The topological polar surface area (TPSA) is 136 Å². The van der Waals surface area contributed by atoms with Gasteiger partial charge in [-0.2, -0.15) is 0 Å². The van der Waals surface area contributed by atoms with Crippen LogP contribution in [0.25, 0.3) is 0 Å². The van der Waals surface area contributed by atoms with Crippen molar-refractivity contribution in [2.24, 2.45) is 0 Å². The molecule has 9 nitrogen and oxygen atoms in total. The van der Waals surface area contributed by atoms with E-state index in [1.807, 2.05) is 44.2 Å². The van der Waals surface area contributed by atoms with Gasteiger partial charge in [0.15, 0.2) is 0 Å². The Hall–Kier alpha value is -2.46.